The summed E-state index contributed by atoms with van der Waals surface area (Å²) in [6.45, 7) is 13.1. The number of carbonyl (C=O) groups is 2. The van der Waals surface area contributed by atoms with Crippen LogP contribution in [0.1, 0.15) is 75.9 Å². The number of fused-ring (bicyclic) bond motifs is 1. The van der Waals surface area contributed by atoms with E-state index in [9.17, 15) is 9.59 Å². The van der Waals surface area contributed by atoms with Crippen LogP contribution in [0.2, 0.25) is 0 Å². The van der Waals surface area contributed by atoms with Crippen molar-refractivity contribution in [2.24, 2.45) is 0 Å². The highest BCUT2D eigenvalue weighted by atomic mass is 16.3. The summed E-state index contributed by atoms with van der Waals surface area (Å²) in [6.07, 6.45) is 7.52. The summed E-state index contributed by atoms with van der Waals surface area (Å²) in [5.41, 5.74) is 7.36. The van der Waals surface area contributed by atoms with E-state index in [1.165, 1.54) is 29.6 Å². The van der Waals surface area contributed by atoms with Gasteiger partial charge in [-0.15, -0.1) is 0 Å². The molecule has 230 valence electrons. The molecule has 7 rings (SSSR count). The second-order valence-corrected chi connectivity index (χ2v) is 12.6. The molecular weight excluding hydrogens is 552 g/mol. The number of nitrogens with zero attached hydrogens (tertiary/aromatic N) is 5. The minimum absolute atomic E-state index is 0.0374. The molecule has 0 unspecified atom stereocenters. The number of amides is 2. The molecule has 3 fully saturated rings. The van der Waals surface area contributed by atoms with Crippen molar-refractivity contribution >= 4 is 28.9 Å². The Hall–Kier alpha value is -4.27. The second-order valence-electron chi connectivity index (χ2n) is 12.6. The minimum Gasteiger partial charge on any atom is -0.448 e. The van der Waals surface area contributed by atoms with Gasteiger partial charge in [0, 0.05) is 75.2 Å². The second kappa shape index (κ2) is 12.0. The number of rotatable bonds is 9. The van der Waals surface area contributed by atoms with Crippen molar-refractivity contribution in [1.29, 1.82) is 0 Å². The molecule has 1 aromatic heterocycles. The Morgan fingerprint density at radius 2 is 1.73 bits per heavy atom. The molecule has 1 saturated carbocycles. The molecule has 44 heavy (non-hydrogen) atoms. The third-order valence-corrected chi connectivity index (χ3v) is 9.59. The fourth-order valence-electron chi connectivity index (χ4n) is 6.85. The van der Waals surface area contributed by atoms with Gasteiger partial charge in [0.15, 0.2) is 11.6 Å². The molecule has 0 spiro atoms. The monoisotopic (exact) mass is 594 g/mol. The van der Waals surface area contributed by atoms with Crippen molar-refractivity contribution in [2.75, 3.05) is 67.5 Å². The fraction of sp³-hybridized carbons (Fsp3) is 0.457. The highest BCUT2D eigenvalue weighted by molar-refractivity contribution is 6.06. The van der Waals surface area contributed by atoms with E-state index < -0.39 is 0 Å². The number of para-hydroxylation sites is 1. The summed E-state index contributed by atoms with van der Waals surface area (Å²) in [4.78, 5) is 40.7. The van der Waals surface area contributed by atoms with Crippen molar-refractivity contribution in [2.45, 2.75) is 51.4 Å². The Morgan fingerprint density at radius 3 is 2.45 bits per heavy atom. The van der Waals surface area contributed by atoms with E-state index in [1.54, 1.807) is 0 Å². The van der Waals surface area contributed by atoms with Crippen molar-refractivity contribution in [3.05, 3.63) is 83.2 Å². The summed E-state index contributed by atoms with van der Waals surface area (Å²) >= 11 is 0. The Balaban J connectivity index is 1.11. The Morgan fingerprint density at radius 1 is 0.977 bits per heavy atom. The smallest absolute Gasteiger partial charge is 0.277 e. The normalized spacial score (nSPS) is 18.7. The number of carbonyl (C=O) groups excluding carboxylic acids is 2. The molecule has 1 N–H and O–H groups in total. The van der Waals surface area contributed by atoms with Gasteiger partial charge < -0.3 is 29.3 Å². The molecule has 4 heterocycles. The van der Waals surface area contributed by atoms with Crippen molar-refractivity contribution in [1.82, 2.24) is 14.8 Å². The van der Waals surface area contributed by atoms with E-state index >= 15 is 0 Å². The summed E-state index contributed by atoms with van der Waals surface area (Å²) in [5, 5.41) is 3.12. The van der Waals surface area contributed by atoms with Gasteiger partial charge in [-0.3, -0.25) is 9.59 Å². The quantitative estimate of drug-likeness (QED) is 0.353. The highest BCUT2D eigenvalue weighted by Crippen LogP contribution is 2.39. The maximum Gasteiger partial charge on any atom is 0.277 e. The summed E-state index contributed by atoms with van der Waals surface area (Å²) < 4.78 is 5.60. The van der Waals surface area contributed by atoms with Gasteiger partial charge in [-0.1, -0.05) is 24.8 Å². The molecule has 2 amide bonds. The number of hydrogen-bond donors (Lipinski definition) is 1. The number of allylic oxidation sites excluding steroid dienone is 1. The summed E-state index contributed by atoms with van der Waals surface area (Å²) in [5.74, 6) is 0.686. The molecular formula is C35H42N6O3. The van der Waals surface area contributed by atoms with Crippen LogP contribution in [0.3, 0.4) is 0 Å². The number of benzene rings is 2. The van der Waals surface area contributed by atoms with Gasteiger partial charge in [0.05, 0.1) is 11.4 Å². The molecule has 0 atom stereocenters. The SMILES string of the molecule is C=C1CCCN1CCCN1CCc2cc(N3CCN(c4ccccc4C)CC3)c(NC(=O)c3coc(C4CC4)n3)cc2C1=O. The number of oxazole rings is 1. The predicted octanol–water partition coefficient (Wildman–Crippen LogP) is 5.44. The van der Waals surface area contributed by atoms with E-state index in [2.05, 4.69) is 68.8 Å². The number of hydrogen-bond acceptors (Lipinski definition) is 7. The van der Waals surface area contributed by atoms with Gasteiger partial charge in [-0.05, 0) is 74.8 Å². The Labute approximate surface area is 259 Å². The Bertz CT molecular complexity index is 1570. The van der Waals surface area contributed by atoms with Gasteiger partial charge in [0.2, 0.25) is 0 Å². The largest absolute Gasteiger partial charge is 0.448 e. The van der Waals surface area contributed by atoms with Gasteiger partial charge in [0.25, 0.3) is 11.8 Å². The molecule has 9 heteroatoms. The number of anilines is 3. The Kier molecular flexibility index (Phi) is 7.78. The lowest BCUT2D eigenvalue weighted by Gasteiger charge is -2.39. The third kappa shape index (κ3) is 5.79. The molecule has 1 aliphatic carbocycles. The molecule has 3 aliphatic heterocycles. The van der Waals surface area contributed by atoms with Gasteiger partial charge >= 0.3 is 0 Å². The van der Waals surface area contributed by atoms with E-state index in [4.69, 9.17) is 4.42 Å². The van der Waals surface area contributed by atoms with Crippen LogP contribution in [0.5, 0.6) is 0 Å². The first-order valence-electron chi connectivity index (χ1n) is 16.2. The topological polar surface area (TPSA) is 85.2 Å². The average Bonchev–Trinajstić information content (AvgIpc) is 3.62. The molecule has 2 saturated heterocycles. The van der Waals surface area contributed by atoms with E-state index in [1.807, 2.05) is 11.0 Å². The van der Waals surface area contributed by atoms with Crippen LogP contribution in [0.25, 0.3) is 0 Å². The van der Waals surface area contributed by atoms with E-state index in [0.717, 1.165) is 89.2 Å². The maximum absolute atomic E-state index is 13.8. The standard InChI is InChI=1S/C35H42N6O3/c1-24-7-3-4-9-31(24)39-17-19-40(20-18-39)32-21-27-12-16-41(15-6-14-38-13-5-8-25(38)2)35(43)28(27)22-29(32)36-33(42)30-23-44-34(37-30)26-10-11-26/h3-4,7,9,21-23,26H,2,5-6,8,10-20H2,1H3,(H,36,42). The van der Waals surface area contributed by atoms with Crippen molar-refractivity contribution < 1.29 is 14.0 Å². The predicted molar refractivity (Wildman–Crippen MR) is 173 cm³/mol. The maximum atomic E-state index is 13.8. The summed E-state index contributed by atoms with van der Waals surface area (Å²) in [6, 6.07) is 12.5. The molecule has 4 aliphatic rings. The zero-order valence-electron chi connectivity index (χ0n) is 25.7. The molecule has 9 nitrogen and oxygen atoms in total. The third-order valence-electron chi connectivity index (χ3n) is 9.59. The van der Waals surface area contributed by atoms with E-state index in [0.29, 0.717) is 29.6 Å². The zero-order valence-corrected chi connectivity index (χ0v) is 25.7. The number of aromatic nitrogens is 1. The lowest BCUT2D eigenvalue weighted by atomic mass is 9.96. The molecule has 3 aromatic rings. The van der Waals surface area contributed by atoms with Crippen LogP contribution in [0.4, 0.5) is 17.1 Å². The first kappa shape index (κ1) is 28.5. The molecule has 0 bridgehead atoms. The summed E-state index contributed by atoms with van der Waals surface area (Å²) in [7, 11) is 0. The number of likely N-dealkylation sites (tertiary alicyclic amines) is 1. The lowest BCUT2D eigenvalue weighted by Crippen LogP contribution is -2.47. The molecule has 0 radical (unpaired) electrons. The number of aryl methyl sites for hydroxylation is 1. The highest BCUT2D eigenvalue weighted by Gasteiger charge is 2.31. The lowest BCUT2D eigenvalue weighted by molar-refractivity contribution is 0.0734. The number of piperazine rings is 1. The van der Waals surface area contributed by atoms with Crippen LogP contribution in [0, 0.1) is 6.92 Å². The van der Waals surface area contributed by atoms with Crippen LogP contribution < -0.4 is 15.1 Å². The van der Waals surface area contributed by atoms with Crippen molar-refractivity contribution in [3.8, 4) is 0 Å². The van der Waals surface area contributed by atoms with Gasteiger partial charge in [0.1, 0.15) is 6.26 Å². The zero-order chi connectivity index (χ0) is 30.2. The molecule has 2 aromatic carbocycles. The van der Waals surface area contributed by atoms with Crippen LogP contribution >= 0.6 is 0 Å². The number of nitrogens with one attached hydrogen (secondary N) is 1. The minimum atomic E-state index is -0.314. The first-order valence-corrected chi connectivity index (χ1v) is 16.2. The van der Waals surface area contributed by atoms with Crippen LogP contribution in [-0.4, -0.2) is 79.0 Å². The average molecular weight is 595 g/mol. The fourth-order valence-corrected chi connectivity index (χ4v) is 6.85. The van der Waals surface area contributed by atoms with Crippen LogP contribution in [0.15, 0.2) is 59.4 Å². The van der Waals surface area contributed by atoms with Crippen molar-refractivity contribution in [3.63, 3.8) is 0 Å². The van der Waals surface area contributed by atoms with E-state index in [-0.39, 0.29) is 17.5 Å². The van der Waals surface area contributed by atoms with Gasteiger partial charge in [-0.25, -0.2) is 4.98 Å². The first-order chi connectivity index (χ1) is 21.4. The van der Waals surface area contributed by atoms with Crippen LogP contribution in [-0.2, 0) is 6.42 Å². The van der Waals surface area contributed by atoms with Gasteiger partial charge in [-0.2, -0.15) is 0 Å².